The fourth-order valence-electron chi connectivity index (χ4n) is 1.76. The zero-order chi connectivity index (χ0) is 14.9. The maximum atomic E-state index is 12.3. The van der Waals surface area contributed by atoms with Gasteiger partial charge in [-0.15, -0.1) is 0 Å². The average molecular weight is 357 g/mol. The number of hydrogen-bond donors (Lipinski definition) is 1. The molecule has 1 amide bonds. The third kappa shape index (κ3) is 2.87. The van der Waals surface area contributed by atoms with Crippen LogP contribution in [0.25, 0.3) is 0 Å². The van der Waals surface area contributed by atoms with Crippen LogP contribution < -0.4 is 5.32 Å². The van der Waals surface area contributed by atoms with E-state index in [0.717, 1.165) is 5.56 Å². The first-order chi connectivity index (χ1) is 9.41. The van der Waals surface area contributed by atoms with Gasteiger partial charge in [0.15, 0.2) is 4.90 Å². The molecule has 0 spiro atoms. The van der Waals surface area contributed by atoms with Crippen LogP contribution in [0.2, 0.25) is 0 Å². The number of anilines is 1. The smallest absolute Gasteiger partial charge is 0.259 e. The number of amides is 1. The molecule has 0 aliphatic carbocycles. The van der Waals surface area contributed by atoms with Gasteiger partial charge in [0.2, 0.25) is 5.95 Å². The normalized spacial score (nSPS) is 12.2. The molecule has 0 saturated carbocycles. The van der Waals surface area contributed by atoms with Crippen LogP contribution in [0, 0.1) is 6.92 Å². The highest BCUT2D eigenvalue weighted by atomic mass is 79.9. The minimum absolute atomic E-state index is 0.334. The van der Waals surface area contributed by atoms with Crippen molar-refractivity contribution in [2.24, 2.45) is 7.05 Å². The van der Waals surface area contributed by atoms with Gasteiger partial charge in [0, 0.05) is 12.6 Å². The van der Waals surface area contributed by atoms with E-state index in [1.165, 1.54) is 11.0 Å². The molecule has 0 saturated heterocycles. The summed E-state index contributed by atoms with van der Waals surface area (Å²) in [6.07, 6.45) is 2.93. The number of halogens is 1. The lowest BCUT2D eigenvalue weighted by Gasteiger charge is -2.13. The predicted octanol–water partition coefficient (Wildman–Crippen LogP) is 1.88. The van der Waals surface area contributed by atoms with Gasteiger partial charge in [0.1, 0.15) is 12.6 Å². The number of carbonyl (C=O) groups excluding carboxylic acids is 1. The Labute approximate surface area is 127 Å². The van der Waals surface area contributed by atoms with Crippen molar-refractivity contribution in [2.75, 3.05) is 11.6 Å². The summed E-state index contributed by atoms with van der Waals surface area (Å²) in [6.45, 7) is 1.85. The van der Waals surface area contributed by atoms with Gasteiger partial charge in [-0.3, -0.25) is 10.1 Å². The molecule has 2 aromatic rings. The van der Waals surface area contributed by atoms with Gasteiger partial charge in [-0.2, -0.15) is 10.1 Å². The van der Waals surface area contributed by atoms with E-state index in [4.69, 9.17) is 0 Å². The molecule has 1 atom stereocenters. The molecular weight excluding hydrogens is 344 g/mol. The third-order valence-electron chi connectivity index (χ3n) is 2.76. The summed E-state index contributed by atoms with van der Waals surface area (Å²) in [5.74, 6) is 0.0151. The summed E-state index contributed by atoms with van der Waals surface area (Å²) < 4.78 is 13.8. The first kappa shape index (κ1) is 15.0. The number of hydrogen-bond acceptors (Lipinski definition) is 4. The van der Waals surface area contributed by atoms with Gasteiger partial charge >= 0.3 is 0 Å². The van der Waals surface area contributed by atoms with Crippen molar-refractivity contribution < 1.29 is 9.35 Å². The van der Waals surface area contributed by atoms with Crippen molar-refractivity contribution in [3.8, 4) is 0 Å². The van der Waals surface area contributed by atoms with E-state index in [9.17, 15) is 9.35 Å². The Morgan fingerprint density at radius 2 is 2.20 bits per heavy atom. The second kappa shape index (κ2) is 5.94. The largest absolute Gasteiger partial charge is 0.612 e. The van der Waals surface area contributed by atoms with Gasteiger partial charge in [-0.05, 0) is 40.1 Å². The van der Waals surface area contributed by atoms with E-state index in [1.54, 1.807) is 25.4 Å². The standard InChI is InChI=1S/C12H13BrN4O2S/c1-7-4-5-8(9(13)10(7)20(3)19)11(18)16-12-14-6-15-17(12)2/h4-6H,1-3H3,(H,14,15,16,18). The molecule has 106 valence electrons. The molecule has 1 aromatic carbocycles. The molecule has 8 heteroatoms. The average Bonchev–Trinajstić information content (AvgIpc) is 2.74. The second-order valence-corrected chi connectivity index (χ2v) is 6.30. The van der Waals surface area contributed by atoms with Crippen LogP contribution in [0.4, 0.5) is 5.95 Å². The van der Waals surface area contributed by atoms with Crippen molar-refractivity contribution in [2.45, 2.75) is 11.8 Å². The van der Waals surface area contributed by atoms with E-state index >= 15 is 0 Å². The summed E-state index contributed by atoms with van der Waals surface area (Å²) >= 11 is 2.18. The molecule has 0 aliphatic rings. The van der Waals surface area contributed by atoms with Crippen molar-refractivity contribution in [3.05, 3.63) is 34.1 Å². The fourth-order valence-corrected chi connectivity index (χ4v) is 3.95. The van der Waals surface area contributed by atoms with Crippen molar-refractivity contribution in [1.29, 1.82) is 0 Å². The Hall–Kier alpha value is -1.38. The van der Waals surface area contributed by atoms with Gasteiger partial charge < -0.3 is 4.55 Å². The molecule has 20 heavy (non-hydrogen) atoms. The summed E-state index contributed by atoms with van der Waals surface area (Å²) in [5, 5.41) is 6.53. The number of benzene rings is 1. The second-order valence-electron chi connectivity index (χ2n) is 4.19. The minimum Gasteiger partial charge on any atom is -0.612 e. The van der Waals surface area contributed by atoms with Gasteiger partial charge in [-0.1, -0.05) is 6.07 Å². The fraction of sp³-hybridized carbons (Fsp3) is 0.250. The van der Waals surface area contributed by atoms with Crippen molar-refractivity contribution in [1.82, 2.24) is 14.8 Å². The Morgan fingerprint density at radius 3 is 2.75 bits per heavy atom. The Bertz CT molecular complexity index is 657. The lowest BCUT2D eigenvalue weighted by Crippen LogP contribution is -2.17. The lowest BCUT2D eigenvalue weighted by atomic mass is 10.1. The Kier molecular flexibility index (Phi) is 4.46. The van der Waals surface area contributed by atoms with Crippen LogP contribution in [0.1, 0.15) is 15.9 Å². The quantitative estimate of drug-likeness (QED) is 0.851. The molecule has 1 N–H and O–H groups in total. The van der Waals surface area contributed by atoms with E-state index in [1.807, 2.05) is 6.92 Å². The van der Waals surface area contributed by atoms with Gasteiger partial charge in [0.05, 0.1) is 10.0 Å². The minimum atomic E-state index is -1.18. The van der Waals surface area contributed by atoms with Crippen LogP contribution in [0.15, 0.2) is 27.8 Å². The summed E-state index contributed by atoms with van der Waals surface area (Å²) in [5.41, 5.74) is 1.27. The number of nitrogens with zero attached hydrogens (tertiary/aromatic N) is 3. The highest BCUT2D eigenvalue weighted by molar-refractivity contribution is 9.10. The maximum absolute atomic E-state index is 12.3. The Balaban J connectivity index is 2.36. The van der Waals surface area contributed by atoms with Crippen LogP contribution in [-0.4, -0.2) is 31.5 Å². The zero-order valence-corrected chi connectivity index (χ0v) is 13.6. The number of aromatic nitrogens is 3. The predicted molar refractivity (Wildman–Crippen MR) is 80.2 cm³/mol. The first-order valence-electron chi connectivity index (χ1n) is 5.69. The molecule has 6 nitrogen and oxygen atoms in total. The molecule has 2 rings (SSSR count). The van der Waals surface area contributed by atoms with Gasteiger partial charge in [-0.25, -0.2) is 4.68 Å². The third-order valence-corrected chi connectivity index (χ3v) is 4.95. The van der Waals surface area contributed by atoms with Crippen LogP contribution in [0.5, 0.6) is 0 Å². The van der Waals surface area contributed by atoms with Crippen LogP contribution in [-0.2, 0) is 18.2 Å². The monoisotopic (exact) mass is 356 g/mol. The lowest BCUT2D eigenvalue weighted by molar-refractivity contribution is 0.102. The first-order valence-corrected chi connectivity index (χ1v) is 8.04. The Morgan fingerprint density at radius 1 is 1.50 bits per heavy atom. The SMILES string of the molecule is Cc1ccc(C(=O)Nc2ncnn2C)c(Br)c1[S+](C)[O-]. The van der Waals surface area contributed by atoms with Crippen molar-refractivity contribution in [3.63, 3.8) is 0 Å². The molecular formula is C12H13BrN4O2S. The van der Waals surface area contributed by atoms with Gasteiger partial charge in [0.25, 0.3) is 5.91 Å². The van der Waals surface area contributed by atoms with E-state index in [0.29, 0.717) is 20.9 Å². The number of rotatable bonds is 3. The van der Waals surface area contributed by atoms with Crippen LogP contribution in [0.3, 0.4) is 0 Å². The number of nitrogens with one attached hydrogen (secondary N) is 1. The molecule has 0 radical (unpaired) electrons. The highest BCUT2D eigenvalue weighted by Gasteiger charge is 2.21. The zero-order valence-electron chi connectivity index (χ0n) is 11.2. The summed E-state index contributed by atoms with van der Waals surface area (Å²) in [6, 6.07) is 3.45. The highest BCUT2D eigenvalue weighted by Crippen LogP contribution is 2.29. The summed E-state index contributed by atoms with van der Waals surface area (Å²) in [7, 11) is 1.68. The summed E-state index contributed by atoms with van der Waals surface area (Å²) in [4.78, 5) is 16.8. The molecule has 0 fully saturated rings. The molecule has 1 unspecified atom stereocenters. The van der Waals surface area contributed by atoms with E-state index in [2.05, 4.69) is 31.3 Å². The van der Waals surface area contributed by atoms with Crippen molar-refractivity contribution >= 4 is 39.0 Å². The molecule has 1 aromatic heterocycles. The molecule has 0 bridgehead atoms. The van der Waals surface area contributed by atoms with E-state index in [-0.39, 0.29) is 5.91 Å². The molecule has 1 heterocycles. The topological polar surface area (TPSA) is 82.9 Å². The molecule has 0 aliphatic heterocycles. The van der Waals surface area contributed by atoms with Crippen LogP contribution >= 0.6 is 15.9 Å². The number of aryl methyl sites for hydroxylation is 2. The maximum Gasteiger partial charge on any atom is 0.259 e. The number of carbonyl (C=O) groups is 1. The van der Waals surface area contributed by atoms with E-state index < -0.39 is 11.2 Å².